The van der Waals surface area contributed by atoms with Crippen LogP contribution in [0.4, 0.5) is 11.5 Å². The van der Waals surface area contributed by atoms with Crippen LogP contribution in [0, 0.1) is 17.0 Å². The fourth-order valence-corrected chi connectivity index (χ4v) is 1.86. The van der Waals surface area contributed by atoms with Gasteiger partial charge in [0.1, 0.15) is 5.82 Å². The maximum atomic E-state index is 11.0. The second-order valence-corrected chi connectivity index (χ2v) is 4.47. The maximum absolute atomic E-state index is 11.0. The molecule has 0 aliphatic carbocycles. The van der Waals surface area contributed by atoms with Gasteiger partial charge in [0, 0.05) is 24.4 Å². The van der Waals surface area contributed by atoms with Gasteiger partial charge < -0.3 is 10.4 Å². The van der Waals surface area contributed by atoms with Crippen LogP contribution in [-0.2, 0) is 6.54 Å². The van der Waals surface area contributed by atoms with Crippen molar-refractivity contribution in [1.29, 1.82) is 0 Å². The molecule has 21 heavy (non-hydrogen) atoms. The van der Waals surface area contributed by atoms with Gasteiger partial charge in [-0.3, -0.25) is 10.1 Å². The molecule has 0 radical (unpaired) electrons. The fraction of sp³-hybridized carbons (Fsp3) is 0.143. The third-order valence-electron chi connectivity index (χ3n) is 2.80. The van der Waals surface area contributed by atoms with Gasteiger partial charge in [-0.05, 0) is 24.6 Å². The third-order valence-corrected chi connectivity index (χ3v) is 2.80. The van der Waals surface area contributed by atoms with E-state index in [0.29, 0.717) is 23.6 Å². The quantitative estimate of drug-likeness (QED) is 0.646. The lowest BCUT2D eigenvalue weighted by molar-refractivity contribution is -0.384. The van der Waals surface area contributed by atoms with Crippen LogP contribution in [0.2, 0.25) is 0 Å². The first kappa shape index (κ1) is 14.4. The van der Waals surface area contributed by atoms with E-state index in [2.05, 4.69) is 10.3 Å². The number of aromatic carboxylic acids is 1. The van der Waals surface area contributed by atoms with Crippen molar-refractivity contribution in [2.75, 3.05) is 5.32 Å². The smallest absolute Gasteiger partial charge is 0.335 e. The molecule has 0 saturated carbocycles. The van der Waals surface area contributed by atoms with Crippen LogP contribution in [0.5, 0.6) is 0 Å². The van der Waals surface area contributed by atoms with Crippen LogP contribution in [0.25, 0.3) is 0 Å². The summed E-state index contributed by atoms with van der Waals surface area (Å²) in [6, 6.07) is 9.11. The molecule has 1 heterocycles. The van der Waals surface area contributed by atoms with Gasteiger partial charge in [-0.15, -0.1) is 0 Å². The fourth-order valence-electron chi connectivity index (χ4n) is 1.86. The summed E-state index contributed by atoms with van der Waals surface area (Å²) >= 11 is 0. The zero-order valence-corrected chi connectivity index (χ0v) is 11.2. The molecule has 0 amide bonds. The van der Waals surface area contributed by atoms with Crippen molar-refractivity contribution in [3.05, 3.63) is 63.3 Å². The van der Waals surface area contributed by atoms with E-state index in [1.165, 1.54) is 24.3 Å². The summed E-state index contributed by atoms with van der Waals surface area (Å²) in [5.41, 5.74) is 1.45. The first-order valence-electron chi connectivity index (χ1n) is 6.15. The van der Waals surface area contributed by atoms with Crippen molar-refractivity contribution in [2.24, 2.45) is 0 Å². The minimum Gasteiger partial charge on any atom is -0.478 e. The van der Waals surface area contributed by atoms with Gasteiger partial charge in [0.15, 0.2) is 0 Å². The standard InChI is InChI=1S/C14H13N3O4/c1-9-5-11(14(18)19)7-13(16-9)15-8-10-3-2-4-12(6-10)17(20)21/h2-7H,8H2,1H3,(H,15,16)(H,18,19). The van der Waals surface area contributed by atoms with Crippen molar-refractivity contribution >= 4 is 17.5 Å². The van der Waals surface area contributed by atoms with Crippen molar-refractivity contribution in [3.63, 3.8) is 0 Å². The molecule has 2 N–H and O–H groups in total. The first-order valence-corrected chi connectivity index (χ1v) is 6.15. The number of rotatable bonds is 5. The largest absolute Gasteiger partial charge is 0.478 e. The normalized spacial score (nSPS) is 10.1. The van der Waals surface area contributed by atoms with E-state index in [1.807, 2.05) is 0 Å². The number of nitrogens with one attached hydrogen (secondary N) is 1. The zero-order valence-electron chi connectivity index (χ0n) is 11.2. The number of pyridine rings is 1. The van der Waals surface area contributed by atoms with Crippen LogP contribution < -0.4 is 5.32 Å². The number of hydrogen-bond acceptors (Lipinski definition) is 5. The average molecular weight is 287 g/mol. The van der Waals surface area contributed by atoms with Crippen molar-refractivity contribution in [2.45, 2.75) is 13.5 Å². The van der Waals surface area contributed by atoms with Crippen molar-refractivity contribution in [3.8, 4) is 0 Å². The van der Waals surface area contributed by atoms with Crippen molar-refractivity contribution in [1.82, 2.24) is 4.98 Å². The molecule has 0 aliphatic heterocycles. The minimum absolute atomic E-state index is 0.0118. The van der Waals surface area contributed by atoms with E-state index in [4.69, 9.17) is 5.11 Å². The molecule has 0 saturated heterocycles. The monoisotopic (exact) mass is 287 g/mol. The summed E-state index contributed by atoms with van der Waals surface area (Å²) in [5.74, 6) is -0.613. The number of hydrogen-bond donors (Lipinski definition) is 2. The number of anilines is 1. The molecule has 0 bridgehead atoms. The van der Waals surface area contributed by atoms with Gasteiger partial charge in [0.25, 0.3) is 5.69 Å². The van der Waals surface area contributed by atoms with Gasteiger partial charge in [-0.2, -0.15) is 0 Å². The Balaban J connectivity index is 2.14. The number of carboxylic acid groups (broad SMARTS) is 1. The second kappa shape index (κ2) is 6.00. The first-order chi connectivity index (χ1) is 9.95. The predicted octanol–water partition coefficient (Wildman–Crippen LogP) is 2.61. The highest BCUT2D eigenvalue weighted by Gasteiger charge is 2.08. The number of carboxylic acids is 1. The van der Waals surface area contributed by atoms with Crippen LogP contribution in [0.3, 0.4) is 0 Å². The lowest BCUT2D eigenvalue weighted by Gasteiger charge is -2.07. The molecule has 1 aromatic carbocycles. The molecule has 7 heteroatoms. The topological polar surface area (TPSA) is 105 Å². The molecular weight excluding hydrogens is 274 g/mol. The number of aromatic nitrogens is 1. The highest BCUT2D eigenvalue weighted by molar-refractivity contribution is 5.88. The number of nitro benzene ring substituents is 1. The van der Waals surface area contributed by atoms with Gasteiger partial charge in [0.2, 0.25) is 0 Å². The number of carbonyl (C=O) groups is 1. The van der Waals surface area contributed by atoms with Crippen LogP contribution in [-0.4, -0.2) is 21.0 Å². The molecule has 108 valence electrons. The number of nitro groups is 1. The molecule has 1 aromatic heterocycles. The Kier molecular flexibility index (Phi) is 4.13. The highest BCUT2D eigenvalue weighted by atomic mass is 16.6. The van der Waals surface area contributed by atoms with Crippen molar-refractivity contribution < 1.29 is 14.8 Å². The predicted molar refractivity (Wildman–Crippen MR) is 76.4 cm³/mol. The Morgan fingerprint density at radius 3 is 2.81 bits per heavy atom. The van der Waals surface area contributed by atoms with Gasteiger partial charge in [0.05, 0.1) is 10.5 Å². The Bertz CT molecular complexity index is 700. The van der Waals surface area contributed by atoms with Gasteiger partial charge in [-0.25, -0.2) is 9.78 Å². The number of benzene rings is 1. The molecule has 0 spiro atoms. The third kappa shape index (κ3) is 3.75. The molecular formula is C14H13N3O4. The molecule has 0 atom stereocenters. The second-order valence-electron chi connectivity index (χ2n) is 4.47. The number of non-ortho nitro benzene ring substituents is 1. The minimum atomic E-state index is -1.03. The van der Waals surface area contributed by atoms with E-state index >= 15 is 0 Å². The Morgan fingerprint density at radius 1 is 1.38 bits per heavy atom. The summed E-state index contributed by atoms with van der Waals surface area (Å²) in [7, 11) is 0. The summed E-state index contributed by atoms with van der Waals surface area (Å²) < 4.78 is 0. The molecule has 2 rings (SSSR count). The number of nitrogens with zero attached hydrogens (tertiary/aromatic N) is 2. The lowest BCUT2D eigenvalue weighted by atomic mass is 10.2. The Morgan fingerprint density at radius 2 is 2.14 bits per heavy atom. The van der Waals surface area contributed by atoms with Crippen LogP contribution in [0.1, 0.15) is 21.6 Å². The van der Waals surface area contributed by atoms with E-state index in [1.54, 1.807) is 19.1 Å². The lowest BCUT2D eigenvalue weighted by Crippen LogP contribution is -2.05. The van der Waals surface area contributed by atoms with E-state index in [-0.39, 0.29) is 11.3 Å². The number of aryl methyl sites for hydroxylation is 1. The molecule has 0 aliphatic rings. The van der Waals surface area contributed by atoms with Crippen LogP contribution in [0.15, 0.2) is 36.4 Å². The van der Waals surface area contributed by atoms with E-state index < -0.39 is 10.9 Å². The molecule has 7 nitrogen and oxygen atoms in total. The van der Waals surface area contributed by atoms with Gasteiger partial charge in [-0.1, -0.05) is 12.1 Å². The van der Waals surface area contributed by atoms with E-state index in [9.17, 15) is 14.9 Å². The zero-order chi connectivity index (χ0) is 15.4. The maximum Gasteiger partial charge on any atom is 0.335 e. The summed E-state index contributed by atoms with van der Waals surface area (Å²) in [6.07, 6.45) is 0. The van der Waals surface area contributed by atoms with Gasteiger partial charge >= 0.3 is 5.97 Å². The molecule has 0 unspecified atom stereocenters. The summed E-state index contributed by atoms with van der Waals surface area (Å²) in [6.45, 7) is 2.02. The Hall–Kier alpha value is -2.96. The SMILES string of the molecule is Cc1cc(C(=O)O)cc(NCc2cccc([N+](=O)[O-])c2)n1. The Labute approximate surface area is 120 Å². The average Bonchev–Trinajstić information content (AvgIpc) is 2.45. The summed E-state index contributed by atoms with van der Waals surface area (Å²) in [5, 5.41) is 22.7. The molecule has 2 aromatic rings. The highest BCUT2D eigenvalue weighted by Crippen LogP contribution is 2.15. The summed E-state index contributed by atoms with van der Waals surface area (Å²) in [4.78, 5) is 25.4. The van der Waals surface area contributed by atoms with Crippen LogP contribution >= 0.6 is 0 Å². The molecule has 0 fully saturated rings. The van der Waals surface area contributed by atoms with E-state index in [0.717, 1.165) is 0 Å².